The summed E-state index contributed by atoms with van der Waals surface area (Å²) in [6, 6.07) is 9.57. The average Bonchev–Trinajstić information content (AvgIpc) is 2.60. The first-order valence-electron chi connectivity index (χ1n) is 7.71. The van der Waals surface area contributed by atoms with Gasteiger partial charge in [0.15, 0.2) is 0 Å². The Kier molecular flexibility index (Phi) is 6.87. The fourth-order valence-corrected chi connectivity index (χ4v) is 2.32. The van der Waals surface area contributed by atoms with Crippen LogP contribution in [0.2, 0.25) is 0 Å². The third-order valence-electron chi connectivity index (χ3n) is 3.46. The Morgan fingerprint density at radius 2 is 1.78 bits per heavy atom. The number of amides is 2. The molecular formula is C17H21N3O2S. The smallest absolute Gasteiger partial charge is 0.252 e. The summed E-state index contributed by atoms with van der Waals surface area (Å²) in [5.41, 5.74) is 1.46. The molecule has 0 unspecified atom stereocenters. The van der Waals surface area contributed by atoms with Crippen molar-refractivity contribution in [2.75, 3.05) is 18.8 Å². The molecule has 2 rings (SSSR count). The normalized spacial score (nSPS) is 10.5. The fraction of sp³-hybridized carbons (Fsp3) is 0.353. The average molecular weight is 331 g/mol. The second-order valence-electron chi connectivity index (χ2n) is 5.24. The number of hydrogen-bond acceptors (Lipinski definition) is 4. The van der Waals surface area contributed by atoms with Crippen LogP contribution in [0, 0.1) is 0 Å². The predicted molar refractivity (Wildman–Crippen MR) is 94.8 cm³/mol. The summed E-state index contributed by atoms with van der Waals surface area (Å²) in [5.74, 6) is 0.0626. The summed E-state index contributed by atoms with van der Waals surface area (Å²) >= 11 is 3.89. The molecule has 0 atom stereocenters. The summed E-state index contributed by atoms with van der Waals surface area (Å²) in [7, 11) is 0. The van der Waals surface area contributed by atoms with Gasteiger partial charge in [0.05, 0.1) is 16.8 Å². The van der Waals surface area contributed by atoms with Crippen molar-refractivity contribution in [2.24, 2.45) is 0 Å². The number of nitrogens with one attached hydrogen (secondary N) is 2. The molecule has 0 aliphatic carbocycles. The second kappa shape index (κ2) is 9.15. The molecule has 0 saturated heterocycles. The van der Waals surface area contributed by atoms with E-state index in [9.17, 15) is 9.59 Å². The number of unbranched alkanes of at least 4 members (excludes halogenated alkanes) is 2. The molecule has 2 N–H and O–H groups in total. The topological polar surface area (TPSA) is 71.1 Å². The van der Waals surface area contributed by atoms with Crippen LogP contribution in [0.15, 0.2) is 36.5 Å². The van der Waals surface area contributed by atoms with Crippen molar-refractivity contribution in [1.82, 2.24) is 15.6 Å². The molecule has 1 heterocycles. The molecule has 0 radical (unpaired) electrons. The van der Waals surface area contributed by atoms with Crippen LogP contribution in [0.5, 0.6) is 0 Å². The van der Waals surface area contributed by atoms with Crippen LogP contribution in [-0.2, 0) is 4.79 Å². The first kappa shape index (κ1) is 17.3. The number of carbonyl (C=O) groups is 2. The van der Waals surface area contributed by atoms with Gasteiger partial charge in [0.25, 0.3) is 5.91 Å². The maximum absolute atomic E-state index is 12.1. The van der Waals surface area contributed by atoms with Gasteiger partial charge in [0.2, 0.25) is 5.91 Å². The van der Waals surface area contributed by atoms with E-state index in [0.717, 1.165) is 30.2 Å². The van der Waals surface area contributed by atoms with E-state index in [1.165, 1.54) is 0 Å². The van der Waals surface area contributed by atoms with Crippen LogP contribution in [0.25, 0.3) is 10.9 Å². The summed E-state index contributed by atoms with van der Waals surface area (Å²) in [5, 5.41) is 6.62. The summed E-state index contributed by atoms with van der Waals surface area (Å²) < 4.78 is 0. The molecule has 2 amide bonds. The molecule has 2 aromatic rings. The standard InChI is InChI=1S/C17H21N3O2S/c21-16(12-23)18-8-4-1-5-9-19-17(22)14-10-13-6-2-3-7-15(13)20-11-14/h2-3,6-7,10-11,23H,1,4-5,8-9,12H2,(H,18,21)(H,19,22). The highest BCUT2D eigenvalue weighted by Gasteiger charge is 2.06. The van der Waals surface area contributed by atoms with Gasteiger partial charge in [-0.3, -0.25) is 14.6 Å². The molecule has 5 nitrogen and oxygen atoms in total. The number of rotatable bonds is 8. The zero-order chi connectivity index (χ0) is 16.5. The molecule has 0 fully saturated rings. The van der Waals surface area contributed by atoms with Gasteiger partial charge in [-0.05, 0) is 31.4 Å². The SMILES string of the molecule is O=C(CS)NCCCCCNC(=O)c1cnc2ccccc2c1. The van der Waals surface area contributed by atoms with Crippen molar-refractivity contribution in [1.29, 1.82) is 0 Å². The molecule has 0 bridgehead atoms. The second-order valence-corrected chi connectivity index (χ2v) is 5.56. The largest absolute Gasteiger partial charge is 0.355 e. The number of pyridine rings is 1. The minimum Gasteiger partial charge on any atom is -0.355 e. The fourth-order valence-electron chi connectivity index (χ4n) is 2.21. The van der Waals surface area contributed by atoms with Crippen molar-refractivity contribution in [2.45, 2.75) is 19.3 Å². The number of carbonyl (C=O) groups excluding carboxylic acids is 2. The third kappa shape index (κ3) is 5.56. The number of hydrogen-bond donors (Lipinski definition) is 3. The Morgan fingerprint density at radius 3 is 2.57 bits per heavy atom. The van der Waals surface area contributed by atoms with E-state index in [1.54, 1.807) is 6.20 Å². The lowest BCUT2D eigenvalue weighted by atomic mass is 10.1. The van der Waals surface area contributed by atoms with Gasteiger partial charge in [-0.25, -0.2) is 0 Å². The van der Waals surface area contributed by atoms with Crippen LogP contribution in [-0.4, -0.2) is 35.6 Å². The monoisotopic (exact) mass is 331 g/mol. The van der Waals surface area contributed by atoms with Crippen LogP contribution in [0.3, 0.4) is 0 Å². The molecule has 1 aromatic heterocycles. The lowest BCUT2D eigenvalue weighted by Gasteiger charge is -2.06. The van der Waals surface area contributed by atoms with Gasteiger partial charge in [-0.1, -0.05) is 18.2 Å². The number of nitrogens with zero attached hydrogens (tertiary/aromatic N) is 1. The van der Waals surface area contributed by atoms with E-state index in [2.05, 4.69) is 28.2 Å². The molecule has 0 spiro atoms. The minimum absolute atomic E-state index is 0.0505. The van der Waals surface area contributed by atoms with E-state index in [1.807, 2.05) is 30.3 Å². The molecule has 122 valence electrons. The summed E-state index contributed by atoms with van der Waals surface area (Å²) in [6.07, 6.45) is 4.32. The van der Waals surface area contributed by atoms with Gasteiger partial charge in [0, 0.05) is 24.7 Å². The maximum Gasteiger partial charge on any atom is 0.252 e. The van der Waals surface area contributed by atoms with E-state index in [4.69, 9.17) is 0 Å². The Hall–Kier alpha value is -2.08. The molecule has 0 aliphatic heterocycles. The molecular weight excluding hydrogens is 310 g/mol. The molecule has 23 heavy (non-hydrogen) atoms. The zero-order valence-electron chi connectivity index (χ0n) is 12.9. The highest BCUT2D eigenvalue weighted by molar-refractivity contribution is 7.81. The van der Waals surface area contributed by atoms with E-state index >= 15 is 0 Å². The van der Waals surface area contributed by atoms with Crippen LogP contribution in [0.4, 0.5) is 0 Å². The number of thiol groups is 1. The number of fused-ring (bicyclic) bond motifs is 1. The minimum atomic E-state index is -0.105. The van der Waals surface area contributed by atoms with Crippen molar-refractivity contribution in [3.8, 4) is 0 Å². The molecule has 0 aliphatic rings. The summed E-state index contributed by atoms with van der Waals surface area (Å²) in [4.78, 5) is 27.4. The van der Waals surface area contributed by atoms with Crippen molar-refractivity contribution in [3.05, 3.63) is 42.1 Å². The Labute approximate surface area is 141 Å². The Morgan fingerprint density at radius 1 is 1.04 bits per heavy atom. The molecule has 6 heteroatoms. The molecule has 1 aromatic carbocycles. The van der Waals surface area contributed by atoms with Crippen LogP contribution in [0.1, 0.15) is 29.6 Å². The first-order chi connectivity index (χ1) is 11.2. The van der Waals surface area contributed by atoms with Gasteiger partial charge >= 0.3 is 0 Å². The van der Waals surface area contributed by atoms with Gasteiger partial charge in [-0.2, -0.15) is 12.6 Å². The lowest BCUT2D eigenvalue weighted by molar-refractivity contribution is -0.118. The van der Waals surface area contributed by atoms with Crippen LogP contribution < -0.4 is 10.6 Å². The third-order valence-corrected chi connectivity index (χ3v) is 3.74. The number of benzene rings is 1. The molecule has 0 saturated carbocycles. The lowest BCUT2D eigenvalue weighted by Crippen LogP contribution is -2.26. The highest BCUT2D eigenvalue weighted by Crippen LogP contribution is 2.12. The van der Waals surface area contributed by atoms with Crippen molar-refractivity contribution >= 4 is 35.3 Å². The number of para-hydroxylation sites is 1. The Bertz CT molecular complexity index is 676. The first-order valence-corrected chi connectivity index (χ1v) is 8.34. The van der Waals surface area contributed by atoms with Gasteiger partial charge < -0.3 is 10.6 Å². The van der Waals surface area contributed by atoms with Crippen molar-refractivity contribution < 1.29 is 9.59 Å². The summed E-state index contributed by atoms with van der Waals surface area (Å²) in [6.45, 7) is 1.27. The zero-order valence-corrected chi connectivity index (χ0v) is 13.8. The van der Waals surface area contributed by atoms with Crippen LogP contribution >= 0.6 is 12.6 Å². The van der Waals surface area contributed by atoms with E-state index in [0.29, 0.717) is 18.7 Å². The predicted octanol–water partition coefficient (Wildman–Crippen LogP) is 2.18. The quantitative estimate of drug-likeness (QED) is 0.513. The van der Waals surface area contributed by atoms with Crippen molar-refractivity contribution in [3.63, 3.8) is 0 Å². The Balaban J connectivity index is 1.69. The van der Waals surface area contributed by atoms with E-state index in [-0.39, 0.29) is 17.6 Å². The number of aromatic nitrogens is 1. The maximum atomic E-state index is 12.1. The highest BCUT2D eigenvalue weighted by atomic mass is 32.1. The van der Waals surface area contributed by atoms with E-state index < -0.39 is 0 Å². The van der Waals surface area contributed by atoms with Gasteiger partial charge in [0.1, 0.15) is 0 Å². The van der Waals surface area contributed by atoms with Gasteiger partial charge in [-0.15, -0.1) is 0 Å².